The SMILES string of the molecule is FC(F)(F)CCOCCC1CCCCN1. The van der Waals surface area contributed by atoms with Crippen LogP contribution in [0.15, 0.2) is 0 Å². The average molecular weight is 225 g/mol. The third-order valence-corrected chi connectivity index (χ3v) is 2.55. The van der Waals surface area contributed by atoms with E-state index in [1.807, 2.05) is 0 Å². The Hall–Kier alpha value is -0.290. The number of piperidine rings is 1. The van der Waals surface area contributed by atoms with Gasteiger partial charge in [0.1, 0.15) is 0 Å². The molecule has 1 saturated heterocycles. The Morgan fingerprint density at radius 3 is 2.60 bits per heavy atom. The molecule has 0 radical (unpaired) electrons. The van der Waals surface area contributed by atoms with Crippen molar-refractivity contribution in [2.24, 2.45) is 0 Å². The predicted octanol–water partition coefficient (Wildman–Crippen LogP) is 2.49. The number of ether oxygens (including phenoxy) is 1. The van der Waals surface area contributed by atoms with Gasteiger partial charge in [-0.3, -0.25) is 0 Å². The first-order valence-electron chi connectivity index (χ1n) is 5.46. The van der Waals surface area contributed by atoms with Crippen LogP contribution < -0.4 is 5.32 Å². The van der Waals surface area contributed by atoms with Crippen LogP contribution in [0.3, 0.4) is 0 Å². The van der Waals surface area contributed by atoms with Crippen molar-refractivity contribution < 1.29 is 17.9 Å². The molecular formula is C10H18F3NO. The molecule has 0 aromatic carbocycles. The summed E-state index contributed by atoms with van der Waals surface area (Å²) in [6, 6.07) is 0.435. The Balaban J connectivity index is 1.92. The van der Waals surface area contributed by atoms with E-state index in [-0.39, 0.29) is 6.61 Å². The van der Waals surface area contributed by atoms with Crippen LogP contribution in [-0.2, 0) is 4.74 Å². The van der Waals surface area contributed by atoms with Crippen molar-refractivity contribution in [3.63, 3.8) is 0 Å². The number of rotatable bonds is 5. The fraction of sp³-hybridized carbons (Fsp3) is 1.00. The van der Waals surface area contributed by atoms with E-state index in [1.54, 1.807) is 0 Å². The van der Waals surface area contributed by atoms with E-state index < -0.39 is 12.6 Å². The van der Waals surface area contributed by atoms with Gasteiger partial charge in [-0.25, -0.2) is 0 Å². The molecule has 1 rings (SSSR count). The maximum Gasteiger partial charge on any atom is 0.391 e. The van der Waals surface area contributed by atoms with Crippen molar-refractivity contribution in [3.05, 3.63) is 0 Å². The molecule has 90 valence electrons. The largest absolute Gasteiger partial charge is 0.391 e. The molecule has 0 spiro atoms. The molecule has 1 N–H and O–H groups in total. The van der Waals surface area contributed by atoms with Crippen LogP contribution >= 0.6 is 0 Å². The van der Waals surface area contributed by atoms with Crippen LogP contribution in [0, 0.1) is 0 Å². The second-order valence-electron chi connectivity index (χ2n) is 3.91. The second kappa shape index (κ2) is 6.33. The molecule has 2 nitrogen and oxygen atoms in total. The van der Waals surface area contributed by atoms with Crippen LogP contribution in [0.1, 0.15) is 32.1 Å². The first kappa shape index (κ1) is 12.8. The minimum absolute atomic E-state index is 0.212. The number of alkyl halides is 3. The summed E-state index contributed by atoms with van der Waals surface area (Å²) in [5, 5.41) is 3.32. The van der Waals surface area contributed by atoms with E-state index in [2.05, 4.69) is 5.32 Å². The van der Waals surface area contributed by atoms with Gasteiger partial charge in [0.2, 0.25) is 0 Å². The molecule has 0 aromatic rings. The molecule has 0 aromatic heterocycles. The van der Waals surface area contributed by atoms with Crippen molar-refractivity contribution in [2.75, 3.05) is 19.8 Å². The number of hydrogen-bond donors (Lipinski definition) is 1. The Bertz CT molecular complexity index is 167. The van der Waals surface area contributed by atoms with Crippen molar-refractivity contribution >= 4 is 0 Å². The van der Waals surface area contributed by atoms with E-state index >= 15 is 0 Å². The van der Waals surface area contributed by atoms with E-state index in [9.17, 15) is 13.2 Å². The highest BCUT2D eigenvalue weighted by molar-refractivity contribution is 4.71. The molecule has 0 amide bonds. The highest BCUT2D eigenvalue weighted by Crippen LogP contribution is 2.19. The zero-order valence-corrected chi connectivity index (χ0v) is 8.78. The Kier molecular flexibility index (Phi) is 5.39. The highest BCUT2D eigenvalue weighted by atomic mass is 19.4. The zero-order valence-electron chi connectivity index (χ0n) is 8.78. The van der Waals surface area contributed by atoms with E-state index in [4.69, 9.17) is 4.74 Å². The van der Waals surface area contributed by atoms with Crippen LogP contribution in [0.5, 0.6) is 0 Å². The van der Waals surface area contributed by atoms with E-state index in [0.717, 1.165) is 19.4 Å². The Labute approximate surface area is 88.2 Å². The second-order valence-corrected chi connectivity index (χ2v) is 3.91. The van der Waals surface area contributed by atoms with Gasteiger partial charge < -0.3 is 10.1 Å². The number of nitrogens with one attached hydrogen (secondary N) is 1. The fourth-order valence-electron chi connectivity index (χ4n) is 1.69. The van der Waals surface area contributed by atoms with Crippen LogP contribution in [0.25, 0.3) is 0 Å². The van der Waals surface area contributed by atoms with Crippen molar-refractivity contribution in [1.29, 1.82) is 0 Å². The summed E-state index contributed by atoms with van der Waals surface area (Å²) in [7, 11) is 0. The molecule has 0 saturated carbocycles. The third kappa shape index (κ3) is 6.73. The van der Waals surface area contributed by atoms with Gasteiger partial charge in [-0.1, -0.05) is 6.42 Å². The van der Waals surface area contributed by atoms with Gasteiger partial charge >= 0.3 is 6.18 Å². The van der Waals surface area contributed by atoms with Gasteiger partial charge in [-0.2, -0.15) is 13.2 Å². The van der Waals surface area contributed by atoms with Crippen LogP contribution in [-0.4, -0.2) is 32.0 Å². The summed E-state index contributed by atoms with van der Waals surface area (Å²) < 4.78 is 40.2. The van der Waals surface area contributed by atoms with Gasteiger partial charge in [0.05, 0.1) is 13.0 Å². The Morgan fingerprint density at radius 2 is 2.00 bits per heavy atom. The van der Waals surface area contributed by atoms with Gasteiger partial charge in [-0.05, 0) is 25.8 Å². The summed E-state index contributed by atoms with van der Waals surface area (Å²) in [5.74, 6) is 0. The molecule has 0 bridgehead atoms. The molecule has 1 fully saturated rings. The van der Waals surface area contributed by atoms with Crippen LogP contribution in [0.2, 0.25) is 0 Å². The molecule has 1 aliphatic rings. The zero-order chi connectivity index (χ0) is 11.1. The topological polar surface area (TPSA) is 21.3 Å². The van der Waals surface area contributed by atoms with Crippen molar-refractivity contribution in [1.82, 2.24) is 5.32 Å². The molecule has 0 aliphatic carbocycles. The van der Waals surface area contributed by atoms with E-state index in [1.165, 1.54) is 12.8 Å². The first-order chi connectivity index (χ1) is 7.08. The lowest BCUT2D eigenvalue weighted by Crippen LogP contribution is -2.34. The molecule has 1 aliphatic heterocycles. The van der Waals surface area contributed by atoms with Crippen molar-refractivity contribution in [3.8, 4) is 0 Å². The maximum absolute atomic E-state index is 11.7. The fourth-order valence-corrected chi connectivity index (χ4v) is 1.69. The number of hydrogen-bond acceptors (Lipinski definition) is 2. The maximum atomic E-state index is 11.7. The summed E-state index contributed by atoms with van der Waals surface area (Å²) in [4.78, 5) is 0. The summed E-state index contributed by atoms with van der Waals surface area (Å²) in [6.45, 7) is 1.23. The predicted molar refractivity (Wildman–Crippen MR) is 51.7 cm³/mol. The highest BCUT2D eigenvalue weighted by Gasteiger charge is 2.26. The minimum Gasteiger partial charge on any atom is -0.381 e. The average Bonchev–Trinajstić information content (AvgIpc) is 2.17. The van der Waals surface area contributed by atoms with E-state index in [0.29, 0.717) is 12.6 Å². The summed E-state index contributed by atoms with van der Waals surface area (Å²) in [5.41, 5.74) is 0. The molecular weight excluding hydrogens is 207 g/mol. The smallest absolute Gasteiger partial charge is 0.381 e. The Morgan fingerprint density at radius 1 is 1.20 bits per heavy atom. The lowest BCUT2D eigenvalue weighted by molar-refractivity contribution is -0.145. The lowest BCUT2D eigenvalue weighted by Gasteiger charge is -2.23. The van der Waals surface area contributed by atoms with Crippen molar-refractivity contribution in [2.45, 2.75) is 44.3 Å². The monoisotopic (exact) mass is 225 g/mol. The summed E-state index contributed by atoms with van der Waals surface area (Å²) in [6.07, 6.45) is -0.597. The molecule has 1 atom stereocenters. The summed E-state index contributed by atoms with van der Waals surface area (Å²) >= 11 is 0. The van der Waals surface area contributed by atoms with Gasteiger partial charge in [0.15, 0.2) is 0 Å². The van der Waals surface area contributed by atoms with Crippen LogP contribution in [0.4, 0.5) is 13.2 Å². The van der Waals surface area contributed by atoms with Gasteiger partial charge in [0, 0.05) is 12.6 Å². The van der Waals surface area contributed by atoms with Gasteiger partial charge in [-0.15, -0.1) is 0 Å². The molecule has 5 heteroatoms. The quantitative estimate of drug-likeness (QED) is 0.726. The third-order valence-electron chi connectivity index (χ3n) is 2.55. The minimum atomic E-state index is -4.09. The normalized spacial score (nSPS) is 23.0. The number of halogens is 3. The molecule has 15 heavy (non-hydrogen) atoms. The standard InChI is InChI=1S/C10H18F3NO/c11-10(12,13)5-8-15-7-4-9-3-1-2-6-14-9/h9,14H,1-8H2. The molecule has 1 unspecified atom stereocenters. The molecule has 1 heterocycles. The lowest BCUT2D eigenvalue weighted by atomic mass is 10.0. The van der Waals surface area contributed by atoms with Gasteiger partial charge in [0.25, 0.3) is 0 Å². The first-order valence-corrected chi connectivity index (χ1v) is 5.46.